The van der Waals surface area contributed by atoms with Crippen molar-refractivity contribution in [2.45, 2.75) is 11.8 Å². The van der Waals surface area contributed by atoms with E-state index < -0.39 is 11.2 Å². The SMILES string of the molecule is Cc1cccc(/C(N)=C2/C(=O)c3ccccc3[S+]2[O-])c1. The van der Waals surface area contributed by atoms with E-state index in [-0.39, 0.29) is 10.7 Å². The first-order valence-electron chi connectivity index (χ1n) is 6.22. The van der Waals surface area contributed by atoms with Crippen molar-refractivity contribution in [3.05, 3.63) is 70.1 Å². The third-order valence-electron chi connectivity index (χ3n) is 3.30. The lowest BCUT2D eigenvalue weighted by atomic mass is 10.1. The number of benzene rings is 2. The van der Waals surface area contributed by atoms with Crippen molar-refractivity contribution < 1.29 is 9.35 Å². The predicted octanol–water partition coefficient (Wildman–Crippen LogP) is 2.63. The zero-order valence-corrected chi connectivity index (χ0v) is 11.7. The van der Waals surface area contributed by atoms with E-state index in [0.717, 1.165) is 11.1 Å². The third-order valence-corrected chi connectivity index (χ3v) is 4.83. The number of aryl methyl sites for hydroxylation is 1. The highest BCUT2D eigenvalue weighted by molar-refractivity contribution is 7.97. The number of ketones is 1. The summed E-state index contributed by atoms with van der Waals surface area (Å²) in [6.45, 7) is 1.95. The van der Waals surface area contributed by atoms with Crippen LogP contribution in [0, 0.1) is 6.92 Å². The van der Waals surface area contributed by atoms with Gasteiger partial charge in [0.2, 0.25) is 10.7 Å². The topological polar surface area (TPSA) is 66.2 Å². The minimum Gasteiger partial charge on any atom is -0.606 e. The van der Waals surface area contributed by atoms with Crippen LogP contribution in [0.4, 0.5) is 0 Å². The molecule has 3 rings (SSSR count). The number of Topliss-reactive ketones (excluding diaryl/α,β-unsaturated/α-hetero) is 1. The fourth-order valence-electron chi connectivity index (χ4n) is 2.30. The van der Waals surface area contributed by atoms with E-state index in [9.17, 15) is 9.35 Å². The number of nitrogens with two attached hydrogens (primary N) is 1. The molecule has 0 spiro atoms. The van der Waals surface area contributed by atoms with Crippen LogP contribution in [0.25, 0.3) is 5.70 Å². The van der Waals surface area contributed by atoms with Gasteiger partial charge in [-0.15, -0.1) is 0 Å². The van der Waals surface area contributed by atoms with Crippen LogP contribution in [0.2, 0.25) is 0 Å². The Kier molecular flexibility index (Phi) is 3.12. The van der Waals surface area contributed by atoms with Crippen molar-refractivity contribution in [1.82, 2.24) is 0 Å². The average Bonchev–Trinajstić information content (AvgIpc) is 2.71. The lowest BCUT2D eigenvalue weighted by molar-refractivity contribution is 0.104. The summed E-state index contributed by atoms with van der Waals surface area (Å²) in [5.41, 5.74) is 8.65. The zero-order valence-electron chi connectivity index (χ0n) is 10.9. The lowest BCUT2D eigenvalue weighted by Crippen LogP contribution is -2.11. The summed E-state index contributed by atoms with van der Waals surface area (Å²) < 4.78 is 12.5. The molecule has 2 N–H and O–H groups in total. The minimum atomic E-state index is -1.50. The first kappa shape index (κ1) is 13.0. The van der Waals surface area contributed by atoms with Crippen LogP contribution in [0.1, 0.15) is 21.5 Å². The van der Waals surface area contributed by atoms with Gasteiger partial charge in [0.1, 0.15) is 0 Å². The van der Waals surface area contributed by atoms with Gasteiger partial charge in [-0.3, -0.25) is 4.79 Å². The van der Waals surface area contributed by atoms with E-state index in [1.54, 1.807) is 24.3 Å². The van der Waals surface area contributed by atoms with E-state index in [1.807, 2.05) is 31.2 Å². The highest BCUT2D eigenvalue weighted by Crippen LogP contribution is 2.36. The van der Waals surface area contributed by atoms with E-state index >= 15 is 0 Å². The Morgan fingerprint density at radius 3 is 2.60 bits per heavy atom. The quantitative estimate of drug-likeness (QED) is 0.646. The highest BCUT2D eigenvalue weighted by Gasteiger charge is 2.41. The van der Waals surface area contributed by atoms with Gasteiger partial charge in [0, 0.05) is 16.7 Å². The van der Waals surface area contributed by atoms with Gasteiger partial charge < -0.3 is 10.3 Å². The van der Waals surface area contributed by atoms with Crippen LogP contribution >= 0.6 is 0 Å². The Labute approximate surface area is 120 Å². The molecule has 3 nitrogen and oxygen atoms in total. The molecule has 1 heterocycles. The maximum atomic E-state index is 12.5. The monoisotopic (exact) mass is 283 g/mol. The first-order valence-corrected chi connectivity index (χ1v) is 7.37. The van der Waals surface area contributed by atoms with E-state index in [4.69, 9.17) is 5.73 Å². The molecule has 100 valence electrons. The van der Waals surface area contributed by atoms with E-state index in [1.165, 1.54) is 0 Å². The number of carbonyl (C=O) groups excluding carboxylic acids is 1. The van der Waals surface area contributed by atoms with Crippen LogP contribution in [0.5, 0.6) is 0 Å². The molecule has 1 aliphatic heterocycles. The molecular formula is C16H13NO2S. The van der Waals surface area contributed by atoms with Gasteiger partial charge in [-0.25, -0.2) is 0 Å². The maximum absolute atomic E-state index is 12.5. The van der Waals surface area contributed by atoms with Crippen LogP contribution in [0.3, 0.4) is 0 Å². The Bertz CT molecular complexity index is 737. The summed E-state index contributed by atoms with van der Waals surface area (Å²) in [6.07, 6.45) is 0. The summed E-state index contributed by atoms with van der Waals surface area (Å²) in [6, 6.07) is 14.5. The smallest absolute Gasteiger partial charge is 0.248 e. The summed E-state index contributed by atoms with van der Waals surface area (Å²) in [5, 5.41) is 0. The Hall–Kier alpha value is -2.04. The fourth-order valence-corrected chi connectivity index (χ4v) is 3.68. The minimum absolute atomic E-state index is 0.191. The Morgan fingerprint density at radius 1 is 1.15 bits per heavy atom. The Balaban J connectivity index is 2.16. The molecular weight excluding hydrogens is 270 g/mol. The predicted molar refractivity (Wildman–Crippen MR) is 79.5 cm³/mol. The molecule has 20 heavy (non-hydrogen) atoms. The van der Waals surface area contributed by atoms with E-state index in [0.29, 0.717) is 16.2 Å². The van der Waals surface area contributed by atoms with E-state index in [2.05, 4.69) is 0 Å². The summed E-state index contributed by atoms with van der Waals surface area (Å²) in [7, 11) is 0. The van der Waals surface area contributed by atoms with Crippen LogP contribution in [-0.2, 0) is 11.2 Å². The van der Waals surface area contributed by atoms with Gasteiger partial charge in [-0.1, -0.05) is 35.9 Å². The van der Waals surface area contributed by atoms with Crippen molar-refractivity contribution in [2.24, 2.45) is 5.73 Å². The molecule has 0 bridgehead atoms. The molecule has 1 atom stereocenters. The molecule has 0 saturated heterocycles. The molecule has 4 heteroatoms. The largest absolute Gasteiger partial charge is 0.606 e. The van der Waals surface area contributed by atoms with Crippen LogP contribution in [0.15, 0.2) is 58.3 Å². The summed E-state index contributed by atoms with van der Waals surface area (Å²) in [4.78, 5) is 13.1. The summed E-state index contributed by atoms with van der Waals surface area (Å²) in [5.74, 6) is -0.238. The molecule has 0 saturated carbocycles. The molecule has 2 aromatic carbocycles. The van der Waals surface area contributed by atoms with Crippen molar-refractivity contribution in [3.63, 3.8) is 0 Å². The first-order chi connectivity index (χ1) is 9.59. The van der Waals surface area contributed by atoms with Gasteiger partial charge >= 0.3 is 0 Å². The number of hydrogen-bond acceptors (Lipinski definition) is 3. The molecule has 0 amide bonds. The second-order valence-corrected chi connectivity index (χ2v) is 6.09. The normalized spacial score (nSPS) is 19.9. The maximum Gasteiger partial charge on any atom is 0.248 e. The molecule has 0 aliphatic carbocycles. The molecule has 0 radical (unpaired) electrons. The van der Waals surface area contributed by atoms with Gasteiger partial charge in [0.05, 0.1) is 11.3 Å². The second-order valence-electron chi connectivity index (χ2n) is 4.71. The number of carbonyl (C=O) groups is 1. The van der Waals surface area contributed by atoms with Crippen molar-refractivity contribution >= 4 is 22.7 Å². The highest BCUT2D eigenvalue weighted by atomic mass is 32.2. The van der Waals surface area contributed by atoms with Crippen LogP contribution < -0.4 is 5.73 Å². The number of fused-ring (bicyclic) bond motifs is 1. The standard InChI is InChI=1S/C16H13NO2S/c1-10-5-4-6-11(9-10)14(17)16-15(18)12-7-2-3-8-13(12)20(16)19/h2-9H,17H2,1H3/b16-14+. The van der Waals surface area contributed by atoms with Crippen molar-refractivity contribution in [3.8, 4) is 0 Å². The molecule has 1 aliphatic rings. The average molecular weight is 283 g/mol. The van der Waals surface area contributed by atoms with Crippen LogP contribution in [-0.4, -0.2) is 10.3 Å². The Morgan fingerprint density at radius 2 is 1.90 bits per heavy atom. The molecule has 2 aromatic rings. The number of rotatable bonds is 1. The van der Waals surface area contributed by atoms with Crippen molar-refractivity contribution in [1.29, 1.82) is 0 Å². The van der Waals surface area contributed by atoms with Gasteiger partial charge in [-0.05, 0) is 25.1 Å². The second kappa shape index (κ2) is 4.81. The third kappa shape index (κ3) is 1.94. The van der Waals surface area contributed by atoms with Gasteiger partial charge in [0.25, 0.3) is 0 Å². The number of allylic oxidation sites excluding steroid dienone is 1. The summed E-state index contributed by atoms with van der Waals surface area (Å²) >= 11 is -1.50. The van der Waals surface area contributed by atoms with Gasteiger partial charge in [-0.2, -0.15) is 0 Å². The zero-order chi connectivity index (χ0) is 14.3. The lowest BCUT2D eigenvalue weighted by Gasteiger charge is -2.08. The number of hydrogen-bond donors (Lipinski definition) is 1. The van der Waals surface area contributed by atoms with Gasteiger partial charge in [0.15, 0.2) is 4.90 Å². The molecule has 0 aromatic heterocycles. The molecule has 0 fully saturated rings. The molecule has 1 unspecified atom stereocenters. The van der Waals surface area contributed by atoms with Crippen molar-refractivity contribution in [2.75, 3.05) is 0 Å². The fraction of sp³-hybridized carbons (Fsp3) is 0.0625.